The molecule has 0 saturated heterocycles. The number of hydrogen-bond acceptors (Lipinski definition) is 5. The number of rotatable bonds is 50. The summed E-state index contributed by atoms with van der Waals surface area (Å²) in [6, 6.07) is -0.551. The largest absolute Gasteiger partial charge is 0.466 e. The maximum absolute atomic E-state index is 12.5. The lowest BCUT2D eigenvalue weighted by molar-refractivity contribution is -0.143. The number of carbonyl (C=O) groups excluding carboxylic acids is 2. The summed E-state index contributed by atoms with van der Waals surface area (Å²) in [6.45, 7) is 4.94. The number of unbranched alkanes of at least 4 members (excludes halogenated alkanes) is 39. The summed E-state index contributed by atoms with van der Waals surface area (Å²) in [5.41, 5.74) is 0. The molecule has 0 rings (SSSR count). The fraction of sp³-hybridized carbons (Fsp3) is 0.962. The molecular formula is C53H105NO5. The third-order valence-electron chi connectivity index (χ3n) is 12.7. The molecule has 0 spiro atoms. The first-order valence-electron chi connectivity index (χ1n) is 26.8. The second-order valence-corrected chi connectivity index (χ2v) is 18.6. The van der Waals surface area contributed by atoms with Gasteiger partial charge in [0.2, 0.25) is 5.91 Å². The Morgan fingerprint density at radius 2 is 0.695 bits per heavy atom. The van der Waals surface area contributed by atoms with Crippen molar-refractivity contribution in [2.75, 3.05) is 13.2 Å². The normalized spacial score (nSPS) is 12.5. The Morgan fingerprint density at radius 3 is 1.03 bits per heavy atom. The average Bonchev–Trinajstić information content (AvgIpc) is 3.24. The summed E-state index contributed by atoms with van der Waals surface area (Å²) in [5.74, 6) is -0.0538. The third kappa shape index (κ3) is 46.2. The summed E-state index contributed by atoms with van der Waals surface area (Å²) >= 11 is 0. The molecule has 6 heteroatoms. The first kappa shape index (κ1) is 57.9. The van der Waals surface area contributed by atoms with Gasteiger partial charge in [-0.3, -0.25) is 9.59 Å². The number of amides is 1. The smallest absolute Gasteiger partial charge is 0.305 e. The van der Waals surface area contributed by atoms with Crippen molar-refractivity contribution in [2.24, 2.45) is 0 Å². The van der Waals surface area contributed by atoms with Crippen molar-refractivity contribution in [3.05, 3.63) is 0 Å². The first-order valence-corrected chi connectivity index (χ1v) is 26.8. The number of aliphatic hydroxyl groups excluding tert-OH is 2. The van der Waals surface area contributed by atoms with Crippen molar-refractivity contribution >= 4 is 11.9 Å². The molecule has 0 radical (unpaired) electrons. The number of hydrogen-bond donors (Lipinski definition) is 3. The van der Waals surface area contributed by atoms with E-state index in [2.05, 4.69) is 19.2 Å². The lowest BCUT2D eigenvalue weighted by Gasteiger charge is -2.22. The quantitative estimate of drug-likeness (QED) is 0.0419. The van der Waals surface area contributed by atoms with E-state index in [1.165, 1.54) is 212 Å². The Hall–Kier alpha value is -1.14. The van der Waals surface area contributed by atoms with Gasteiger partial charge in [-0.1, -0.05) is 264 Å². The molecule has 0 aliphatic heterocycles. The van der Waals surface area contributed by atoms with E-state index in [4.69, 9.17) is 4.74 Å². The van der Waals surface area contributed by atoms with Gasteiger partial charge in [0, 0.05) is 12.8 Å². The van der Waals surface area contributed by atoms with E-state index in [0.717, 1.165) is 57.8 Å². The fourth-order valence-electron chi connectivity index (χ4n) is 8.52. The molecular weight excluding hydrogens is 731 g/mol. The van der Waals surface area contributed by atoms with Crippen LogP contribution in [-0.4, -0.2) is 47.4 Å². The van der Waals surface area contributed by atoms with Crippen LogP contribution >= 0.6 is 0 Å². The van der Waals surface area contributed by atoms with Crippen LogP contribution < -0.4 is 5.32 Å². The van der Waals surface area contributed by atoms with E-state index >= 15 is 0 Å². The molecule has 0 fully saturated rings. The highest BCUT2D eigenvalue weighted by Crippen LogP contribution is 2.17. The molecule has 0 aromatic carbocycles. The van der Waals surface area contributed by atoms with Crippen molar-refractivity contribution in [1.29, 1.82) is 0 Å². The Labute approximate surface area is 368 Å². The minimum Gasteiger partial charge on any atom is -0.466 e. The van der Waals surface area contributed by atoms with Crippen molar-refractivity contribution in [1.82, 2.24) is 5.32 Å². The molecule has 2 atom stereocenters. The van der Waals surface area contributed by atoms with Gasteiger partial charge in [-0.05, 0) is 25.7 Å². The standard InChI is InChI=1S/C53H105NO5/c1-3-5-7-9-11-13-15-17-19-20-21-25-29-33-37-41-45-51(56)50(49-55)54-52(57)46-42-38-34-30-26-23-24-28-32-36-40-44-48-59-53(58)47-43-39-35-31-27-22-18-16-14-12-10-8-6-4-2/h50-51,55-56H,3-49H2,1-2H3,(H,54,57). The second-order valence-electron chi connectivity index (χ2n) is 18.6. The SMILES string of the molecule is CCCCCCCCCCCCCCCCCCC(O)C(CO)NC(=O)CCCCCCCCCCCCCCOC(=O)CCCCCCCCCCCCCCCC. The lowest BCUT2D eigenvalue weighted by Crippen LogP contribution is -2.45. The molecule has 0 aliphatic carbocycles. The second kappa shape index (κ2) is 49.5. The van der Waals surface area contributed by atoms with Gasteiger partial charge < -0.3 is 20.3 Å². The third-order valence-corrected chi connectivity index (χ3v) is 12.7. The summed E-state index contributed by atoms with van der Waals surface area (Å²) in [7, 11) is 0. The predicted octanol–water partition coefficient (Wildman–Crippen LogP) is 16.0. The van der Waals surface area contributed by atoms with Gasteiger partial charge in [-0.2, -0.15) is 0 Å². The first-order chi connectivity index (χ1) is 29.0. The minimum atomic E-state index is -0.672. The van der Waals surface area contributed by atoms with Crippen LogP contribution in [0.25, 0.3) is 0 Å². The molecule has 0 bridgehead atoms. The van der Waals surface area contributed by atoms with Crippen LogP contribution in [-0.2, 0) is 14.3 Å². The highest BCUT2D eigenvalue weighted by atomic mass is 16.5. The number of esters is 1. The van der Waals surface area contributed by atoms with Gasteiger partial charge in [-0.25, -0.2) is 0 Å². The monoisotopic (exact) mass is 836 g/mol. The number of nitrogens with one attached hydrogen (secondary N) is 1. The number of carbonyl (C=O) groups is 2. The zero-order valence-corrected chi connectivity index (χ0v) is 40.0. The molecule has 2 unspecified atom stereocenters. The van der Waals surface area contributed by atoms with Gasteiger partial charge >= 0.3 is 5.97 Å². The Kier molecular flexibility index (Phi) is 48.6. The molecule has 0 heterocycles. The number of aliphatic hydroxyl groups is 2. The van der Waals surface area contributed by atoms with Gasteiger partial charge in [0.05, 0.1) is 25.4 Å². The van der Waals surface area contributed by atoms with E-state index in [1.807, 2.05) is 0 Å². The molecule has 6 nitrogen and oxygen atoms in total. The lowest BCUT2D eigenvalue weighted by atomic mass is 10.0. The van der Waals surface area contributed by atoms with Crippen LogP contribution in [0, 0.1) is 0 Å². The zero-order chi connectivity index (χ0) is 43.0. The maximum atomic E-state index is 12.5. The van der Waals surface area contributed by atoms with Crippen LogP contribution in [0.1, 0.15) is 303 Å². The van der Waals surface area contributed by atoms with Crippen LogP contribution in [0.3, 0.4) is 0 Å². The summed E-state index contributed by atoms with van der Waals surface area (Å²) < 4.78 is 5.46. The highest BCUT2D eigenvalue weighted by Gasteiger charge is 2.20. The van der Waals surface area contributed by atoms with Crippen LogP contribution in [0.4, 0.5) is 0 Å². The van der Waals surface area contributed by atoms with Crippen molar-refractivity contribution < 1.29 is 24.5 Å². The van der Waals surface area contributed by atoms with Crippen LogP contribution in [0.5, 0.6) is 0 Å². The molecule has 3 N–H and O–H groups in total. The molecule has 352 valence electrons. The molecule has 59 heavy (non-hydrogen) atoms. The molecule has 0 aromatic heterocycles. The summed E-state index contributed by atoms with van der Waals surface area (Å²) in [6.07, 6.45) is 55.0. The summed E-state index contributed by atoms with van der Waals surface area (Å²) in [4.78, 5) is 24.5. The zero-order valence-electron chi connectivity index (χ0n) is 40.0. The Morgan fingerprint density at radius 1 is 0.407 bits per heavy atom. The van der Waals surface area contributed by atoms with Crippen LogP contribution in [0.15, 0.2) is 0 Å². The molecule has 0 aliphatic rings. The van der Waals surface area contributed by atoms with Gasteiger partial charge in [0.15, 0.2) is 0 Å². The van der Waals surface area contributed by atoms with Crippen molar-refractivity contribution in [3.63, 3.8) is 0 Å². The predicted molar refractivity (Wildman–Crippen MR) is 255 cm³/mol. The van der Waals surface area contributed by atoms with Crippen molar-refractivity contribution in [3.8, 4) is 0 Å². The average molecular weight is 836 g/mol. The van der Waals surface area contributed by atoms with E-state index in [0.29, 0.717) is 25.9 Å². The fourth-order valence-corrected chi connectivity index (χ4v) is 8.52. The van der Waals surface area contributed by atoms with Gasteiger partial charge in [-0.15, -0.1) is 0 Å². The molecule has 1 amide bonds. The Balaban J connectivity index is 3.44. The highest BCUT2D eigenvalue weighted by molar-refractivity contribution is 5.76. The van der Waals surface area contributed by atoms with Crippen LogP contribution in [0.2, 0.25) is 0 Å². The Bertz CT molecular complexity index is 837. The molecule has 0 saturated carbocycles. The van der Waals surface area contributed by atoms with E-state index in [9.17, 15) is 19.8 Å². The van der Waals surface area contributed by atoms with Gasteiger partial charge in [0.1, 0.15) is 0 Å². The van der Waals surface area contributed by atoms with Crippen molar-refractivity contribution in [2.45, 2.75) is 315 Å². The molecule has 0 aromatic rings. The number of ether oxygens (including phenoxy) is 1. The van der Waals surface area contributed by atoms with E-state index in [-0.39, 0.29) is 18.5 Å². The maximum Gasteiger partial charge on any atom is 0.305 e. The minimum absolute atomic E-state index is 0.00610. The van der Waals surface area contributed by atoms with E-state index < -0.39 is 12.1 Å². The topological polar surface area (TPSA) is 95.9 Å². The van der Waals surface area contributed by atoms with E-state index in [1.54, 1.807) is 0 Å². The van der Waals surface area contributed by atoms with Gasteiger partial charge in [0.25, 0.3) is 0 Å². The summed E-state index contributed by atoms with van der Waals surface area (Å²) in [5, 5.41) is 23.2.